The summed E-state index contributed by atoms with van der Waals surface area (Å²) in [6, 6.07) is 11.4. The predicted octanol–water partition coefficient (Wildman–Crippen LogP) is 2.28. The van der Waals surface area contributed by atoms with Crippen molar-refractivity contribution in [2.45, 2.75) is 44.3 Å². The molecular weight excluding hydrogens is 310 g/mol. The van der Waals surface area contributed by atoms with Gasteiger partial charge in [0.25, 0.3) is 0 Å². The van der Waals surface area contributed by atoms with Crippen LogP contribution in [0.1, 0.15) is 31.2 Å². The van der Waals surface area contributed by atoms with Crippen LogP contribution in [0.4, 0.5) is 0 Å². The molecule has 0 aromatic heterocycles. The molecule has 0 bridgehead atoms. The Hall–Kier alpha value is -1.10. The lowest BCUT2D eigenvalue weighted by molar-refractivity contribution is -0.132. The number of carbonyl (C=O) groups is 1. The number of likely N-dealkylation sites (N-methyl/N-ethyl adjacent to an activating group) is 1. The molecular formula is C18H28ClN3O. The van der Waals surface area contributed by atoms with Gasteiger partial charge in [0, 0.05) is 45.2 Å². The van der Waals surface area contributed by atoms with Crippen molar-refractivity contribution in [2.75, 3.05) is 26.7 Å². The summed E-state index contributed by atoms with van der Waals surface area (Å²) in [5.41, 5.74) is 1.35. The molecule has 2 aliphatic rings. The van der Waals surface area contributed by atoms with Crippen molar-refractivity contribution < 1.29 is 4.79 Å². The smallest absolute Gasteiger partial charge is 0.224 e. The molecule has 2 fully saturated rings. The van der Waals surface area contributed by atoms with E-state index in [2.05, 4.69) is 40.5 Å². The molecule has 1 aromatic rings. The molecule has 5 heteroatoms. The van der Waals surface area contributed by atoms with Crippen molar-refractivity contribution in [1.82, 2.24) is 15.1 Å². The average Bonchev–Trinajstić information content (AvgIpc) is 3.19. The monoisotopic (exact) mass is 337 g/mol. The molecule has 0 aliphatic carbocycles. The molecule has 2 atom stereocenters. The van der Waals surface area contributed by atoms with Gasteiger partial charge in [0.1, 0.15) is 0 Å². The molecule has 4 nitrogen and oxygen atoms in total. The van der Waals surface area contributed by atoms with Crippen LogP contribution in [-0.4, -0.2) is 54.5 Å². The lowest BCUT2D eigenvalue weighted by Gasteiger charge is -2.26. The number of likely N-dealkylation sites (tertiary alicyclic amines) is 1. The molecule has 0 radical (unpaired) electrons. The maximum absolute atomic E-state index is 12.4. The minimum atomic E-state index is 0. The Morgan fingerprint density at radius 3 is 2.78 bits per heavy atom. The van der Waals surface area contributed by atoms with Crippen molar-refractivity contribution in [3.8, 4) is 0 Å². The van der Waals surface area contributed by atoms with E-state index in [4.69, 9.17) is 0 Å². The average molecular weight is 338 g/mol. The van der Waals surface area contributed by atoms with E-state index >= 15 is 0 Å². The van der Waals surface area contributed by atoms with Crippen LogP contribution in [0.25, 0.3) is 0 Å². The number of nitrogens with zero attached hydrogens (tertiary/aromatic N) is 2. The third-order valence-electron chi connectivity index (χ3n) is 5.02. The fraction of sp³-hybridized carbons (Fsp3) is 0.611. The van der Waals surface area contributed by atoms with Gasteiger partial charge in [0.2, 0.25) is 5.91 Å². The summed E-state index contributed by atoms with van der Waals surface area (Å²) in [5.74, 6) is 0.297. The first-order valence-corrected chi connectivity index (χ1v) is 8.47. The van der Waals surface area contributed by atoms with Gasteiger partial charge in [-0.25, -0.2) is 0 Å². The van der Waals surface area contributed by atoms with Crippen molar-refractivity contribution in [2.24, 2.45) is 0 Å². The highest BCUT2D eigenvalue weighted by atomic mass is 35.5. The third kappa shape index (κ3) is 4.93. The Kier molecular flexibility index (Phi) is 6.88. The number of amides is 1. The molecule has 1 aromatic carbocycles. The summed E-state index contributed by atoms with van der Waals surface area (Å²) in [6.45, 7) is 4.13. The van der Waals surface area contributed by atoms with E-state index in [1.807, 2.05) is 11.9 Å². The highest BCUT2D eigenvalue weighted by molar-refractivity contribution is 5.85. The summed E-state index contributed by atoms with van der Waals surface area (Å²) in [7, 11) is 1.98. The number of benzene rings is 1. The minimum absolute atomic E-state index is 0. The van der Waals surface area contributed by atoms with Crippen molar-refractivity contribution in [3.05, 3.63) is 35.9 Å². The number of hydrogen-bond donors (Lipinski definition) is 1. The van der Waals surface area contributed by atoms with Crippen LogP contribution in [-0.2, 0) is 11.3 Å². The normalized spacial score (nSPS) is 24.4. The number of carbonyl (C=O) groups excluding carboxylic acids is 1. The number of rotatable bonds is 5. The van der Waals surface area contributed by atoms with Crippen LogP contribution in [0.3, 0.4) is 0 Å². The molecule has 0 saturated carbocycles. The summed E-state index contributed by atoms with van der Waals surface area (Å²) >= 11 is 0. The zero-order valence-corrected chi connectivity index (χ0v) is 14.7. The zero-order valence-electron chi connectivity index (χ0n) is 13.9. The van der Waals surface area contributed by atoms with Crippen molar-refractivity contribution in [1.29, 1.82) is 0 Å². The Bertz CT molecular complexity index is 490. The number of hydrogen-bond acceptors (Lipinski definition) is 3. The van der Waals surface area contributed by atoms with Gasteiger partial charge in [-0.1, -0.05) is 30.3 Å². The largest absolute Gasteiger partial charge is 0.341 e. The van der Waals surface area contributed by atoms with Crippen LogP contribution in [0, 0.1) is 0 Å². The van der Waals surface area contributed by atoms with Gasteiger partial charge < -0.3 is 10.2 Å². The summed E-state index contributed by atoms with van der Waals surface area (Å²) in [6.07, 6.45) is 4.10. The highest BCUT2D eigenvalue weighted by Crippen LogP contribution is 2.19. The van der Waals surface area contributed by atoms with E-state index in [0.717, 1.165) is 39.0 Å². The Morgan fingerprint density at radius 1 is 1.30 bits per heavy atom. The Labute approximate surface area is 145 Å². The zero-order chi connectivity index (χ0) is 15.4. The quantitative estimate of drug-likeness (QED) is 0.895. The predicted molar refractivity (Wildman–Crippen MR) is 95.8 cm³/mol. The van der Waals surface area contributed by atoms with Crippen LogP contribution in [0.5, 0.6) is 0 Å². The second-order valence-electron chi connectivity index (χ2n) is 6.67. The molecule has 0 spiro atoms. The lowest BCUT2D eigenvalue weighted by Crippen LogP contribution is -2.41. The molecule has 2 saturated heterocycles. The topological polar surface area (TPSA) is 35.6 Å². The molecule has 2 unspecified atom stereocenters. The van der Waals surface area contributed by atoms with Gasteiger partial charge in [-0.3, -0.25) is 9.69 Å². The number of nitrogens with one attached hydrogen (secondary N) is 1. The summed E-state index contributed by atoms with van der Waals surface area (Å²) < 4.78 is 0. The summed E-state index contributed by atoms with van der Waals surface area (Å²) in [4.78, 5) is 16.9. The molecule has 128 valence electrons. The van der Waals surface area contributed by atoms with E-state index in [1.54, 1.807) is 0 Å². The molecule has 1 N–H and O–H groups in total. The lowest BCUT2D eigenvalue weighted by atomic mass is 10.1. The van der Waals surface area contributed by atoms with Gasteiger partial charge in [0.15, 0.2) is 0 Å². The molecule has 3 rings (SSSR count). The first-order chi connectivity index (χ1) is 10.7. The fourth-order valence-electron chi connectivity index (χ4n) is 3.60. The molecule has 2 heterocycles. The fourth-order valence-corrected chi connectivity index (χ4v) is 3.60. The molecule has 2 aliphatic heterocycles. The van der Waals surface area contributed by atoms with E-state index in [0.29, 0.717) is 24.4 Å². The van der Waals surface area contributed by atoms with Gasteiger partial charge in [-0.15, -0.1) is 12.4 Å². The van der Waals surface area contributed by atoms with E-state index in [9.17, 15) is 4.79 Å². The third-order valence-corrected chi connectivity index (χ3v) is 5.02. The standard InChI is InChI=1S/C18H27N3O.ClH/c1-20(18(22)12-16-8-5-10-19-16)17-9-11-21(14-17)13-15-6-3-2-4-7-15;/h2-4,6-7,16-17,19H,5,8-14H2,1H3;1H. The van der Waals surface area contributed by atoms with Gasteiger partial charge in [0.05, 0.1) is 0 Å². The maximum Gasteiger partial charge on any atom is 0.224 e. The Morgan fingerprint density at radius 2 is 2.09 bits per heavy atom. The van der Waals surface area contributed by atoms with Crippen molar-refractivity contribution >= 4 is 18.3 Å². The second-order valence-corrected chi connectivity index (χ2v) is 6.67. The second kappa shape index (κ2) is 8.67. The van der Waals surface area contributed by atoms with E-state index in [-0.39, 0.29) is 12.4 Å². The van der Waals surface area contributed by atoms with E-state index < -0.39 is 0 Å². The number of halogens is 1. The Balaban J connectivity index is 0.00000192. The van der Waals surface area contributed by atoms with Crippen LogP contribution in [0.15, 0.2) is 30.3 Å². The van der Waals surface area contributed by atoms with Crippen LogP contribution >= 0.6 is 12.4 Å². The minimum Gasteiger partial charge on any atom is -0.341 e. The summed E-state index contributed by atoms with van der Waals surface area (Å²) in [5, 5.41) is 3.42. The van der Waals surface area contributed by atoms with Gasteiger partial charge >= 0.3 is 0 Å². The highest BCUT2D eigenvalue weighted by Gasteiger charge is 2.29. The van der Waals surface area contributed by atoms with Crippen LogP contribution < -0.4 is 5.32 Å². The van der Waals surface area contributed by atoms with Gasteiger partial charge in [-0.05, 0) is 31.4 Å². The molecule has 23 heavy (non-hydrogen) atoms. The van der Waals surface area contributed by atoms with Crippen molar-refractivity contribution in [3.63, 3.8) is 0 Å². The first kappa shape index (κ1) is 18.2. The maximum atomic E-state index is 12.4. The van der Waals surface area contributed by atoms with E-state index in [1.165, 1.54) is 12.0 Å². The van der Waals surface area contributed by atoms with Crippen LogP contribution in [0.2, 0.25) is 0 Å². The molecule has 1 amide bonds. The SMILES string of the molecule is CN(C(=O)CC1CCCN1)C1CCN(Cc2ccccc2)C1.Cl. The van der Waals surface area contributed by atoms with Gasteiger partial charge in [-0.2, -0.15) is 0 Å². The first-order valence-electron chi connectivity index (χ1n) is 8.47.